The fraction of sp³-hybridized carbons (Fsp3) is 0.778. The van der Waals surface area contributed by atoms with Crippen LogP contribution in [0.25, 0.3) is 0 Å². The topological polar surface area (TPSA) is 55.0 Å². The highest BCUT2D eigenvalue weighted by Crippen LogP contribution is 2.30. The summed E-state index contributed by atoms with van der Waals surface area (Å²) < 4.78 is 0. The van der Waals surface area contributed by atoms with E-state index in [9.17, 15) is 0 Å². The third-order valence-electron chi connectivity index (χ3n) is 2.60. The Kier molecular flexibility index (Phi) is 2.45. The first-order valence-corrected chi connectivity index (χ1v) is 5.67. The van der Waals surface area contributed by atoms with Gasteiger partial charge in [-0.15, -0.1) is 10.2 Å². The molecule has 0 radical (unpaired) electrons. The fourth-order valence-corrected chi connectivity index (χ4v) is 2.53. The molecule has 78 valence electrons. The Balaban J connectivity index is 1.94. The molecule has 1 aliphatic heterocycles. The Morgan fingerprint density at radius 2 is 2.29 bits per heavy atom. The van der Waals surface area contributed by atoms with Crippen molar-refractivity contribution in [3.8, 4) is 0 Å². The minimum atomic E-state index is 0.455. The first-order valence-electron chi connectivity index (χ1n) is 4.85. The SMILES string of the molecule is CC1(C)CCN(Cc2nnc(N)s2)C1. The number of likely N-dealkylation sites (tertiary alicyclic amines) is 1. The molecule has 0 amide bonds. The van der Waals surface area contributed by atoms with E-state index in [2.05, 4.69) is 28.9 Å². The molecule has 1 aromatic rings. The monoisotopic (exact) mass is 212 g/mol. The lowest BCUT2D eigenvalue weighted by atomic mass is 9.93. The smallest absolute Gasteiger partial charge is 0.203 e. The number of nitrogen functional groups attached to an aromatic ring is 1. The van der Waals surface area contributed by atoms with Gasteiger partial charge in [-0.25, -0.2) is 0 Å². The summed E-state index contributed by atoms with van der Waals surface area (Å²) in [6.45, 7) is 7.82. The number of hydrogen-bond acceptors (Lipinski definition) is 5. The van der Waals surface area contributed by atoms with Gasteiger partial charge in [0.15, 0.2) is 0 Å². The first kappa shape index (κ1) is 9.86. The number of hydrogen-bond donors (Lipinski definition) is 1. The summed E-state index contributed by atoms with van der Waals surface area (Å²) >= 11 is 1.49. The van der Waals surface area contributed by atoms with E-state index < -0.39 is 0 Å². The number of anilines is 1. The van der Waals surface area contributed by atoms with Crippen molar-refractivity contribution in [1.82, 2.24) is 15.1 Å². The molecule has 0 saturated carbocycles. The minimum absolute atomic E-state index is 0.455. The third kappa shape index (κ3) is 2.22. The first-order chi connectivity index (χ1) is 6.55. The van der Waals surface area contributed by atoms with Crippen molar-refractivity contribution in [2.75, 3.05) is 18.8 Å². The highest BCUT2D eigenvalue weighted by atomic mass is 32.1. The van der Waals surface area contributed by atoms with Gasteiger partial charge in [0.25, 0.3) is 0 Å². The molecule has 5 heteroatoms. The van der Waals surface area contributed by atoms with Crippen LogP contribution in [0, 0.1) is 5.41 Å². The second-order valence-electron chi connectivity index (χ2n) is 4.66. The summed E-state index contributed by atoms with van der Waals surface area (Å²) in [6.07, 6.45) is 1.27. The number of nitrogens with zero attached hydrogens (tertiary/aromatic N) is 3. The van der Waals surface area contributed by atoms with Gasteiger partial charge in [-0.2, -0.15) is 0 Å². The van der Waals surface area contributed by atoms with Crippen LogP contribution in [-0.4, -0.2) is 28.2 Å². The van der Waals surface area contributed by atoms with Crippen LogP contribution in [0.2, 0.25) is 0 Å². The van der Waals surface area contributed by atoms with E-state index >= 15 is 0 Å². The maximum atomic E-state index is 5.53. The van der Waals surface area contributed by atoms with Gasteiger partial charge in [0.1, 0.15) is 5.01 Å². The molecule has 1 aromatic heterocycles. The average molecular weight is 212 g/mol. The highest BCUT2D eigenvalue weighted by molar-refractivity contribution is 7.15. The summed E-state index contributed by atoms with van der Waals surface area (Å²) in [6, 6.07) is 0. The van der Waals surface area contributed by atoms with Crippen LogP contribution in [0.15, 0.2) is 0 Å². The predicted molar refractivity (Wildman–Crippen MR) is 58.0 cm³/mol. The summed E-state index contributed by atoms with van der Waals surface area (Å²) in [7, 11) is 0. The summed E-state index contributed by atoms with van der Waals surface area (Å²) in [5.41, 5.74) is 5.99. The van der Waals surface area contributed by atoms with Crippen LogP contribution in [0.5, 0.6) is 0 Å². The van der Waals surface area contributed by atoms with Crippen LogP contribution in [0.4, 0.5) is 5.13 Å². The third-order valence-corrected chi connectivity index (χ3v) is 3.33. The number of nitrogens with two attached hydrogens (primary N) is 1. The molecule has 1 saturated heterocycles. The fourth-order valence-electron chi connectivity index (χ4n) is 1.88. The second-order valence-corrected chi connectivity index (χ2v) is 5.75. The molecule has 0 bridgehead atoms. The predicted octanol–water partition coefficient (Wildman–Crippen LogP) is 1.35. The number of aromatic nitrogens is 2. The van der Waals surface area contributed by atoms with Crippen LogP contribution < -0.4 is 5.73 Å². The Hall–Kier alpha value is -0.680. The maximum Gasteiger partial charge on any atom is 0.203 e. The van der Waals surface area contributed by atoms with E-state index in [1.807, 2.05) is 0 Å². The summed E-state index contributed by atoms with van der Waals surface area (Å²) in [5.74, 6) is 0. The van der Waals surface area contributed by atoms with E-state index in [1.54, 1.807) is 0 Å². The average Bonchev–Trinajstić information content (AvgIpc) is 2.59. The van der Waals surface area contributed by atoms with Gasteiger partial charge >= 0.3 is 0 Å². The lowest BCUT2D eigenvalue weighted by Gasteiger charge is -2.18. The van der Waals surface area contributed by atoms with Gasteiger partial charge < -0.3 is 5.73 Å². The Bertz CT molecular complexity index is 320. The van der Waals surface area contributed by atoms with Gasteiger partial charge in [0.05, 0.1) is 6.54 Å². The van der Waals surface area contributed by atoms with Crippen molar-refractivity contribution in [1.29, 1.82) is 0 Å². The maximum absolute atomic E-state index is 5.53. The van der Waals surface area contributed by atoms with Crippen LogP contribution >= 0.6 is 11.3 Å². The zero-order valence-corrected chi connectivity index (χ0v) is 9.47. The zero-order valence-electron chi connectivity index (χ0n) is 8.66. The van der Waals surface area contributed by atoms with Crippen LogP contribution in [0.1, 0.15) is 25.3 Å². The quantitative estimate of drug-likeness (QED) is 0.804. The van der Waals surface area contributed by atoms with Crippen LogP contribution in [-0.2, 0) is 6.54 Å². The minimum Gasteiger partial charge on any atom is -0.374 e. The molecule has 4 nitrogen and oxygen atoms in total. The van der Waals surface area contributed by atoms with Gasteiger partial charge in [0, 0.05) is 6.54 Å². The highest BCUT2D eigenvalue weighted by Gasteiger charge is 2.29. The molecule has 0 atom stereocenters. The summed E-state index contributed by atoms with van der Waals surface area (Å²) in [5, 5.41) is 9.44. The lowest BCUT2D eigenvalue weighted by molar-refractivity contribution is 0.283. The number of rotatable bonds is 2. The molecule has 2 N–H and O–H groups in total. The van der Waals surface area contributed by atoms with E-state index in [4.69, 9.17) is 5.73 Å². The molecule has 1 fully saturated rings. The van der Waals surface area contributed by atoms with Gasteiger partial charge in [0.2, 0.25) is 5.13 Å². The molecule has 0 aliphatic carbocycles. The van der Waals surface area contributed by atoms with Crippen molar-refractivity contribution in [2.24, 2.45) is 5.41 Å². The second kappa shape index (κ2) is 3.47. The molecule has 2 heterocycles. The lowest BCUT2D eigenvalue weighted by Crippen LogP contribution is -2.22. The normalized spacial score (nSPS) is 21.6. The van der Waals surface area contributed by atoms with E-state index in [-0.39, 0.29) is 0 Å². The Morgan fingerprint density at radius 1 is 1.50 bits per heavy atom. The van der Waals surface area contributed by atoms with Crippen molar-refractivity contribution < 1.29 is 0 Å². The molecule has 1 aliphatic rings. The van der Waals surface area contributed by atoms with Gasteiger partial charge in [-0.05, 0) is 18.4 Å². The largest absolute Gasteiger partial charge is 0.374 e. The molecule has 0 aromatic carbocycles. The van der Waals surface area contributed by atoms with Crippen molar-refractivity contribution in [2.45, 2.75) is 26.8 Å². The molecule has 2 rings (SSSR count). The molecule has 0 unspecified atom stereocenters. The van der Waals surface area contributed by atoms with Crippen molar-refractivity contribution in [3.05, 3.63) is 5.01 Å². The molecular formula is C9H16N4S. The van der Waals surface area contributed by atoms with Gasteiger partial charge in [-0.3, -0.25) is 4.90 Å². The Labute approximate surface area is 88.1 Å². The Morgan fingerprint density at radius 3 is 2.79 bits per heavy atom. The molecule has 0 spiro atoms. The van der Waals surface area contributed by atoms with Crippen molar-refractivity contribution >= 4 is 16.5 Å². The van der Waals surface area contributed by atoms with E-state index in [0.29, 0.717) is 10.5 Å². The standard InChI is InChI=1S/C9H16N4S/c1-9(2)3-4-13(6-9)5-7-11-12-8(10)14-7/h3-6H2,1-2H3,(H2,10,12). The van der Waals surface area contributed by atoms with Crippen LogP contribution in [0.3, 0.4) is 0 Å². The zero-order chi connectivity index (χ0) is 10.2. The summed E-state index contributed by atoms with van der Waals surface area (Å²) in [4.78, 5) is 2.42. The molecule has 14 heavy (non-hydrogen) atoms. The van der Waals surface area contributed by atoms with E-state index in [1.165, 1.54) is 17.8 Å². The van der Waals surface area contributed by atoms with Gasteiger partial charge in [-0.1, -0.05) is 25.2 Å². The van der Waals surface area contributed by atoms with E-state index in [0.717, 1.165) is 24.6 Å². The van der Waals surface area contributed by atoms with Crippen molar-refractivity contribution in [3.63, 3.8) is 0 Å². The molecular weight excluding hydrogens is 196 g/mol.